The van der Waals surface area contributed by atoms with E-state index in [-0.39, 0.29) is 17.1 Å². The largest absolute Gasteiger partial charge is 0.246 e. The van der Waals surface area contributed by atoms with Crippen LogP contribution in [0.5, 0.6) is 0 Å². The van der Waals surface area contributed by atoms with Crippen LogP contribution in [0.3, 0.4) is 0 Å². The Labute approximate surface area is 298 Å². The summed E-state index contributed by atoms with van der Waals surface area (Å²) < 4.78 is 0. The van der Waals surface area contributed by atoms with Gasteiger partial charge in [-0.3, -0.25) is 0 Å². The quantitative estimate of drug-likeness (QED) is 0.109. The van der Waals surface area contributed by atoms with E-state index in [0.717, 1.165) is 45.3 Å². The second-order valence-corrected chi connectivity index (χ2v) is 13.6. The van der Waals surface area contributed by atoms with Gasteiger partial charge in [0.25, 0.3) is 0 Å². The fraction of sp³-hybridized carbons (Fsp3) is 0.302. The summed E-state index contributed by atoms with van der Waals surface area (Å²) in [5, 5.41) is 0. The molecule has 5 aromatic rings. The van der Waals surface area contributed by atoms with Crippen LogP contribution >= 0.6 is 0 Å². The van der Waals surface area contributed by atoms with Crippen LogP contribution in [0.15, 0.2) is 113 Å². The Morgan fingerprint density at radius 1 is 0.479 bits per heavy atom. The first-order valence-corrected chi connectivity index (χ1v) is 16.9. The molecule has 0 radical (unpaired) electrons. The third kappa shape index (κ3) is 8.27. The normalized spacial score (nSPS) is 12.3. The van der Waals surface area contributed by atoms with Gasteiger partial charge in [-0.15, -0.1) is 0 Å². The molecular weight excluding hydrogens is 628 g/mol. The summed E-state index contributed by atoms with van der Waals surface area (Å²) in [5.41, 5.74) is 12.1. The summed E-state index contributed by atoms with van der Waals surface area (Å²) in [4.78, 5) is 21.3. The topological polar surface area (TPSA) is 50.5 Å². The van der Waals surface area contributed by atoms with Crippen LogP contribution in [0.25, 0.3) is 0 Å². The minimum atomic E-state index is 0. The number of nitrogens with zero attached hydrogens (tertiary/aromatic N) is 4. The molecule has 0 atom stereocenters. The summed E-state index contributed by atoms with van der Waals surface area (Å²) in [7, 11) is 0. The smallest absolute Gasteiger partial charge is 0.179 e. The molecule has 0 amide bonds. The average molecular weight is 677 g/mol. The van der Waals surface area contributed by atoms with Crippen molar-refractivity contribution in [2.75, 3.05) is 0 Å². The number of aliphatic imine (C=N–C) groups is 2. The fourth-order valence-corrected chi connectivity index (χ4v) is 6.01. The van der Waals surface area contributed by atoms with Gasteiger partial charge in [-0.05, 0) is 58.9 Å². The number of para-hydroxylation sites is 2. The van der Waals surface area contributed by atoms with Gasteiger partial charge in [-0.2, -0.15) is 0 Å². The molecule has 4 nitrogen and oxygen atoms in total. The predicted molar refractivity (Wildman–Crippen MR) is 199 cm³/mol. The molecule has 5 heteroatoms. The standard InChI is InChI=1S/C43H48N4.Fe/c1-27(2)34-22-16-23-35(28(3)4)41(34)46-39(32-18-12-10-13-19-32)38-26-31(9)44-43(45-38)40(33-20-14-11-15-21-33)47-42-36(29(5)6)24-17-25-37(42)30(7)8;/h10-30H,1-9H3;. The Bertz CT molecular complexity index is 1700. The van der Waals surface area contributed by atoms with E-state index in [4.69, 9.17) is 20.0 Å². The van der Waals surface area contributed by atoms with Crippen molar-refractivity contribution in [2.24, 2.45) is 9.98 Å². The molecule has 0 N–H and O–H groups in total. The van der Waals surface area contributed by atoms with Crippen molar-refractivity contribution in [3.05, 3.63) is 154 Å². The Morgan fingerprint density at radius 2 is 0.854 bits per heavy atom. The molecule has 0 unspecified atom stereocenters. The molecule has 0 bridgehead atoms. The minimum Gasteiger partial charge on any atom is -0.246 e. The van der Waals surface area contributed by atoms with E-state index in [2.05, 4.69) is 128 Å². The average Bonchev–Trinajstić information content (AvgIpc) is 3.06. The van der Waals surface area contributed by atoms with Gasteiger partial charge in [-0.1, -0.05) is 152 Å². The van der Waals surface area contributed by atoms with Crippen molar-refractivity contribution in [3.63, 3.8) is 0 Å². The molecule has 0 fully saturated rings. The summed E-state index contributed by atoms with van der Waals surface area (Å²) >= 11 is 0. The maximum atomic E-state index is 5.50. The Kier molecular flexibility index (Phi) is 12.4. The minimum absolute atomic E-state index is 0. The van der Waals surface area contributed by atoms with E-state index in [9.17, 15) is 0 Å². The van der Waals surface area contributed by atoms with E-state index in [0.29, 0.717) is 29.5 Å². The molecule has 0 aliphatic carbocycles. The van der Waals surface area contributed by atoms with Gasteiger partial charge >= 0.3 is 0 Å². The van der Waals surface area contributed by atoms with Crippen molar-refractivity contribution in [1.82, 2.24) is 9.97 Å². The van der Waals surface area contributed by atoms with Crippen molar-refractivity contribution in [2.45, 2.75) is 86.0 Å². The van der Waals surface area contributed by atoms with E-state index < -0.39 is 0 Å². The Hall–Kier alpha value is -4.18. The summed E-state index contributed by atoms with van der Waals surface area (Å²) in [6, 6.07) is 35.8. The third-order valence-corrected chi connectivity index (χ3v) is 8.54. The van der Waals surface area contributed by atoms with Crippen LogP contribution in [0.1, 0.15) is 130 Å². The Morgan fingerprint density at radius 3 is 1.25 bits per heavy atom. The van der Waals surface area contributed by atoms with Gasteiger partial charge in [0.05, 0.1) is 22.8 Å². The molecule has 1 heterocycles. The molecular formula is C43H48FeN4. The monoisotopic (exact) mass is 676 g/mol. The Balaban J connectivity index is 0.00000520. The maximum absolute atomic E-state index is 5.50. The zero-order valence-corrected chi connectivity index (χ0v) is 30.9. The van der Waals surface area contributed by atoms with Crippen LogP contribution < -0.4 is 0 Å². The third-order valence-electron chi connectivity index (χ3n) is 8.54. The number of hydrogen-bond donors (Lipinski definition) is 0. The van der Waals surface area contributed by atoms with Gasteiger partial charge in [0.15, 0.2) is 5.82 Å². The van der Waals surface area contributed by atoms with Crippen LogP contribution in [-0.4, -0.2) is 21.4 Å². The van der Waals surface area contributed by atoms with Crippen LogP contribution in [0.4, 0.5) is 11.4 Å². The maximum Gasteiger partial charge on any atom is 0.179 e. The summed E-state index contributed by atoms with van der Waals surface area (Å²) in [5.74, 6) is 1.85. The second kappa shape index (κ2) is 16.3. The van der Waals surface area contributed by atoms with Gasteiger partial charge in [0, 0.05) is 33.9 Å². The van der Waals surface area contributed by atoms with Crippen molar-refractivity contribution in [1.29, 1.82) is 0 Å². The van der Waals surface area contributed by atoms with E-state index in [1.54, 1.807) is 0 Å². The van der Waals surface area contributed by atoms with Gasteiger partial charge in [-0.25, -0.2) is 20.0 Å². The van der Waals surface area contributed by atoms with Gasteiger partial charge in [0.2, 0.25) is 0 Å². The van der Waals surface area contributed by atoms with E-state index in [1.807, 2.05) is 37.3 Å². The number of benzene rings is 4. The van der Waals surface area contributed by atoms with E-state index >= 15 is 0 Å². The van der Waals surface area contributed by atoms with Crippen LogP contribution in [0.2, 0.25) is 0 Å². The zero-order valence-electron chi connectivity index (χ0n) is 29.8. The molecule has 0 saturated carbocycles. The molecule has 248 valence electrons. The van der Waals surface area contributed by atoms with Crippen LogP contribution in [-0.2, 0) is 17.1 Å². The van der Waals surface area contributed by atoms with Gasteiger partial charge < -0.3 is 0 Å². The molecule has 48 heavy (non-hydrogen) atoms. The molecule has 4 aromatic carbocycles. The van der Waals surface area contributed by atoms with Crippen molar-refractivity contribution in [3.8, 4) is 0 Å². The summed E-state index contributed by atoms with van der Waals surface area (Å²) in [6.45, 7) is 19.9. The first-order valence-electron chi connectivity index (χ1n) is 16.9. The summed E-state index contributed by atoms with van der Waals surface area (Å²) in [6.07, 6.45) is 0. The van der Waals surface area contributed by atoms with Gasteiger partial charge in [0.1, 0.15) is 5.71 Å². The molecule has 0 aliphatic heterocycles. The number of aromatic nitrogens is 2. The number of rotatable bonds is 10. The molecule has 5 rings (SSSR count). The van der Waals surface area contributed by atoms with Crippen LogP contribution in [0, 0.1) is 6.92 Å². The second-order valence-electron chi connectivity index (χ2n) is 13.6. The van der Waals surface area contributed by atoms with Crippen molar-refractivity contribution < 1.29 is 17.1 Å². The SMILES string of the molecule is Cc1cc(C(=Nc2c(C(C)C)cccc2C(C)C)c2ccccc2)nc(C(=Nc2c(C(C)C)cccc2C(C)C)c2ccccc2)n1.[Fe]. The fourth-order valence-electron chi connectivity index (χ4n) is 6.01. The number of aryl methyl sites for hydroxylation is 1. The zero-order chi connectivity index (χ0) is 33.7. The molecule has 0 saturated heterocycles. The number of hydrogen-bond acceptors (Lipinski definition) is 4. The van der Waals surface area contributed by atoms with E-state index in [1.165, 1.54) is 22.3 Å². The van der Waals surface area contributed by atoms with Crippen molar-refractivity contribution >= 4 is 22.8 Å². The molecule has 1 aromatic heterocycles. The molecule has 0 spiro atoms. The first-order chi connectivity index (χ1) is 22.5. The first kappa shape index (κ1) is 36.7. The predicted octanol–water partition coefficient (Wildman–Crippen LogP) is 11.6. The molecule has 0 aliphatic rings.